The summed E-state index contributed by atoms with van der Waals surface area (Å²) in [5.74, 6) is -0.694. The second-order valence-corrected chi connectivity index (χ2v) is 7.81. The normalized spacial score (nSPS) is 30.0. The second kappa shape index (κ2) is 6.35. The summed E-state index contributed by atoms with van der Waals surface area (Å²) in [6, 6.07) is -0.553. The van der Waals surface area contributed by atoms with Gasteiger partial charge in [-0.25, -0.2) is 4.79 Å². The Morgan fingerprint density at radius 3 is 2.54 bits per heavy atom. The van der Waals surface area contributed by atoms with E-state index in [4.69, 9.17) is 0 Å². The first kappa shape index (κ1) is 17.2. The van der Waals surface area contributed by atoms with Gasteiger partial charge in [0.2, 0.25) is 0 Å². The molecule has 3 rings (SSSR count). The molecule has 2 aliphatic heterocycles. The lowest BCUT2D eigenvalue weighted by atomic mass is 9.73. The van der Waals surface area contributed by atoms with Crippen molar-refractivity contribution in [2.45, 2.75) is 64.3 Å². The maximum Gasteiger partial charge on any atom is 0.344 e. The molecule has 3 fully saturated rings. The van der Waals surface area contributed by atoms with Crippen LogP contribution < -0.4 is 10.7 Å². The van der Waals surface area contributed by atoms with Gasteiger partial charge in [-0.2, -0.15) is 5.01 Å². The third-order valence-corrected chi connectivity index (χ3v) is 6.00. The number of amides is 4. The first-order chi connectivity index (χ1) is 11.4. The summed E-state index contributed by atoms with van der Waals surface area (Å²) < 4.78 is 0. The van der Waals surface area contributed by atoms with Crippen LogP contribution >= 0.6 is 0 Å². The van der Waals surface area contributed by atoms with E-state index in [2.05, 4.69) is 15.6 Å². The van der Waals surface area contributed by atoms with E-state index in [9.17, 15) is 14.4 Å². The molecule has 0 radical (unpaired) electrons. The highest BCUT2D eigenvalue weighted by Gasteiger charge is 2.47. The molecule has 7 nitrogen and oxygen atoms in total. The average molecular weight is 336 g/mol. The lowest BCUT2D eigenvalue weighted by molar-refractivity contribution is -0.139. The number of hydrazine groups is 1. The van der Waals surface area contributed by atoms with Crippen molar-refractivity contribution in [2.24, 2.45) is 5.41 Å². The number of hydrogen-bond acceptors (Lipinski definition) is 4. The first-order valence-electron chi connectivity index (χ1n) is 9.06. The Kier molecular flexibility index (Phi) is 4.55. The van der Waals surface area contributed by atoms with Crippen LogP contribution in [0.2, 0.25) is 0 Å². The fraction of sp³-hybridized carbons (Fsp3) is 0.824. The maximum atomic E-state index is 12.3. The number of rotatable bonds is 4. The number of urea groups is 1. The monoisotopic (exact) mass is 336 g/mol. The van der Waals surface area contributed by atoms with Crippen LogP contribution in [0.5, 0.6) is 0 Å². The first-order valence-corrected chi connectivity index (χ1v) is 9.06. The van der Waals surface area contributed by atoms with Crippen LogP contribution in [0.25, 0.3) is 0 Å². The second-order valence-electron chi connectivity index (χ2n) is 7.81. The molecular weight excluding hydrogens is 308 g/mol. The third-order valence-electron chi connectivity index (χ3n) is 6.00. The van der Waals surface area contributed by atoms with E-state index in [-0.39, 0.29) is 12.5 Å². The Balaban J connectivity index is 1.53. The van der Waals surface area contributed by atoms with Gasteiger partial charge < -0.3 is 5.32 Å². The third kappa shape index (κ3) is 3.14. The molecule has 0 aromatic rings. The molecule has 7 heteroatoms. The van der Waals surface area contributed by atoms with Gasteiger partial charge in [-0.1, -0.05) is 26.2 Å². The zero-order chi connectivity index (χ0) is 17.4. The van der Waals surface area contributed by atoms with Gasteiger partial charge in [0.15, 0.2) is 0 Å². The molecule has 1 atom stereocenters. The van der Waals surface area contributed by atoms with Crippen molar-refractivity contribution < 1.29 is 14.4 Å². The molecule has 134 valence electrons. The standard InChI is InChI=1S/C17H28N4O3/c1-3-16(2)14(23)21(15(24)18-16)19-13(22)11-20-10-9-17(12-20)7-5-4-6-8-17/h3-12H2,1-2H3,(H,18,24)(H,19,22)/t16-/m0/s1. The minimum Gasteiger partial charge on any atom is -0.322 e. The summed E-state index contributed by atoms with van der Waals surface area (Å²) in [5.41, 5.74) is 1.94. The number of nitrogens with zero attached hydrogens (tertiary/aromatic N) is 2. The molecule has 3 aliphatic rings. The van der Waals surface area contributed by atoms with E-state index in [0.717, 1.165) is 24.5 Å². The topological polar surface area (TPSA) is 81.8 Å². The molecule has 1 aliphatic carbocycles. The van der Waals surface area contributed by atoms with Crippen molar-refractivity contribution >= 4 is 17.8 Å². The van der Waals surface area contributed by atoms with E-state index in [1.54, 1.807) is 6.92 Å². The van der Waals surface area contributed by atoms with E-state index in [0.29, 0.717) is 11.8 Å². The van der Waals surface area contributed by atoms with Gasteiger partial charge in [-0.15, -0.1) is 0 Å². The minimum atomic E-state index is -0.926. The van der Waals surface area contributed by atoms with Crippen molar-refractivity contribution in [1.82, 2.24) is 20.7 Å². The summed E-state index contributed by atoms with van der Waals surface area (Å²) in [4.78, 5) is 38.7. The van der Waals surface area contributed by atoms with E-state index >= 15 is 0 Å². The van der Waals surface area contributed by atoms with Gasteiger partial charge in [0.05, 0.1) is 6.54 Å². The molecule has 4 amide bonds. The van der Waals surface area contributed by atoms with Gasteiger partial charge in [-0.3, -0.25) is 19.9 Å². The van der Waals surface area contributed by atoms with E-state index in [1.165, 1.54) is 32.1 Å². The van der Waals surface area contributed by atoms with Gasteiger partial charge in [-0.05, 0) is 44.6 Å². The molecule has 0 aromatic carbocycles. The lowest BCUT2D eigenvalue weighted by Gasteiger charge is -2.33. The molecule has 2 N–H and O–H groups in total. The Bertz CT molecular complexity index is 544. The Hall–Kier alpha value is -1.63. The fourth-order valence-corrected chi connectivity index (χ4v) is 4.26. The SMILES string of the molecule is CC[C@]1(C)NC(=O)N(NC(=O)CN2CCC3(CCCCC3)C2)C1=O. The lowest BCUT2D eigenvalue weighted by Crippen LogP contribution is -2.51. The number of imide groups is 1. The zero-order valence-corrected chi connectivity index (χ0v) is 14.7. The number of nitrogens with one attached hydrogen (secondary N) is 2. The highest BCUT2D eigenvalue weighted by Crippen LogP contribution is 2.43. The molecule has 0 bridgehead atoms. The summed E-state index contributed by atoms with van der Waals surface area (Å²) in [5, 5.41) is 3.47. The molecule has 0 aromatic heterocycles. The number of likely N-dealkylation sites (tertiary alicyclic amines) is 1. The summed E-state index contributed by atoms with van der Waals surface area (Å²) >= 11 is 0. The highest BCUT2D eigenvalue weighted by molar-refractivity contribution is 6.07. The zero-order valence-electron chi connectivity index (χ0n) is 14.7. The predicted molar refractivity (Wildman–Crippen MR) is 88.8 cm³/mol. The van der Waals surface area contributed by atoms with Crippen LogP contribution in [0.15, 0.2) is 0 Å². The van der Waals surface area contributed by atoms with Gasteiger partial charge in [0.1, 0.15) is 5.54 Å². The van der Waals surface area contributed by atoms with Crippen molar-refractivity contribution in [2.75, 3.05) is 19.6 Å². The van der Waals surface area contributed by atoms with Crippen molar-refractivity contribution in [1.29, 1.82) is 0 Å². The van der Waals surface area contributed by atoms with Crippen molar-refractivity contribution in [3.63, 3.8) is 0 Å². The maximum absolute atomic E-state index is 12.3. The average Bonchev–Trinajstić information content (AvgIpc) is 3.02. The van der Waals surface area contributed by atoms with E-state index < -0.39 is 17.5 Å². The van der Waals surface area contributed by atoms with Crippen LogP contribution in [0.3, 0.4) is 0 Å². The van der Waals surface area contributed by atoms with Crippen molar-refractivity contribution in [3.05, 3.63) is 0 Å². The van der Waals surface area contributed by atoms with Crippen molar-refractivity contribution in [3.8, 4) is 0 Å². The van der Waals surface area contributed by atoms with Crippen LogP contribution in [-0.2, 0) is 9.59 Å². The quantitative estimate of drug-likeness (QED) is 0.760. The largest absolute Gasteiger partial charge is 0.344 e. The Labute approximate surface area is 143 Å². The van der Waals surface area contributed by atoms with Crippen LogP contribution in [0.1, 0.15) is 58.8 Å². The summed E-state index contributed by atoms with van der Waals surface area (Å²) in [6.45, 7) is 5.61. The van der Waals surface area contributed by atoms with Crippen LogP contribution in [-0.4, -0.2) is 52.9 Å². The number of carbonyl (C=O) groups excluding carboxylic acids is 3. The summed E-state index contributed by atoms with van der Waals surface area (Å²) in [7, 11) is 0. The smallest absolute Gasteiger partial charge is 0.322 e. The van der Waals surface area contributed by atoms with E-state index in [1.807, 2.05) is 6.92 Å². The predicted octanol–water partition coefficient (Wildman–Crippen LogP) is 1.39. The van der Waals surface area contributed by atoms with Gasteiger partial charge >= 0.3 is 6.03 Å². The molecule has 24 heavy (non-hydrogen) atoms. The van der Waals surface area contributed by atoms with Crippen LogP contribution in [0, 0.1) is 5.41 Å². The number of hydrogen-bond donors (Lipinski definition) is 2. The molecule has 2 saturated heterocycles. The highest BCUT2D eigenvalue weighted by atomic mass is 16.2. The Morgan fingerprint density at radius 1 is 1.21 bits per heavy atom. The molecule has 2 heterocycles. The Morgan fingerprint density at radius 2 is 1.92 bits per heavy atom. The molecule has 0 unspecified atom stereocenters. The van der Waals surface area contributed by atoms with Crippen LogP contribution in [0.4, 0.5) is 4.79 Å². The van der Waals surface area contributed by atoms with Gasteiger partial charge in [0.25, 0.3) is 11.8 Å². The molecule has 1 saturated carbocycles. The molecule has 1 spiro atoms. The van der Waals surface area contributed by atoms with Gasteiger partial charge in [0, 0.05) is 6.54 Å². The fourth-order valence-electron chi connectivity index (χ4n) is 4.26. The minimum absolute atomic E-state index is 0.238. The molecular formula is C17H28N4O3. The number of carbonyl (C=O) groups is 3. The summed E-state index contributed by atoms with van der Waals surface area (Å²) in [6.07, 6.45) is 8.05.